The molecule has 0 aliphatic carbocycles. The smallest absolute Gasteiger partial charge is 0.0300 e. The Morgan fingerprint density at radius 2 is 2.19 bits per heavy atom. The van der Waals surface area contributed by atoms with Crippen LogP contribution in [0.1, 0.15) is 19.4 Å². The van der Waals surface area contributed by atoms with Crippen LogP contribution in [0.3, 0.4) is 0 Å². The molecule has 0 radical (unpaired) electrons. The number of hydrogen-bond acceptors (Lipinski definition) is 3. The van der Waals surface area contributed by atoms with Gasteiger partial charge >= 0.3 is 0 Å². The number of thioether (sulfide) groups is 1. The number of rotatable bonds is 7. The largest absolute Gasteiger partial charge is 0.316 e. The second-order valence-electron chi connectivity index (χ2n) is 4.48. The molecule has 1 N–H and O–H groups in total. The predicted molar refractivity (Wildman–Crippen MR) is 73.0 cm³/mol. The molecular weight excluding hydrogens is 216 g/mol. The normalized spacial score (nSPS) is 13.0. The molecule has 0 saturated carbocycles. The molecule has 0 spiro atoms. The fraction of sp³-hybridized carbons (Fsp3) is 0.615. The molecular formula is C13H22N2S. The molecule has 0 saturated heterocycles. The average molecular weight is 238 g/mol. The van der Waals surface area contributed by atoms with E-state index >= 15 is 0 Å². The van der Waals surface area contributed by atoms with Crippen molar-refractivity contribution in [2.45, 2.75) is 26.3 Å². The predicted octanol–water partition coefficient (Wildman–Crippen LogP) is 2.60. The summed E-state index contributed by atoms with van der Waals surface area (Å²) in [5, 5.41) is 3.38. The summed E-state index contributed by atoms with van der Waals surface area (Å²) in [5.74, 6) is 3.19. The van der Waals surface area contributed by atoms with Crippen LogP contribution in [0.4, 0.5) is 0 Å². The highest BCUT2D eigenvalue weighted by Crippen LogP contribution is 2.11. The quantitative estimate of drug-likeness (QED) is 0.790. The minimum atomic E-state index is 0.549. The number of nitrogens with zero attached hydrogens (tertiary/aromatic N) is 1. The van der Waals surface area contributed by atoms with Crippen molar-refractivity contribution >= 4 is 11.8 Å². The number of likely N-dealkylation sites (N-methyl/N-ethyl adjacent to an activating group) is 1. The van der Waals surface area contributed by atoms with Gasteiger partial charge in [-0.2, -0.15) is 11.8 Å². The molecule has 0 amide bonds. The monoisotopic (exact) mass is 238 g/mol. The third-order valence-corrected chi connectivity index (χ3v) is 3.92. The number of hydrogen-bond donors (Lipinski definition) is 1. The molecule has 0 fully saturated rings. The summed E-state index contributed by atoms with van der Waals surface area (Å²) in [4.78, 5) is 4.15. The van der Waals surface area contributed by atoms with Crippen LogP contribution < -0.4 is 5.32 Å². The van der Waals surface area contributed by atoms with Gasteiger partial charge in [-0.15, -0.1) is 0 Å². The highest BCUT2D eigenvalue weighted by atomic mass is 32.2. The van der Waals surface area contributed by atoms with E-state index in [2.05, 4.69) is 30.2 Å². The van der Waals surface area contributed by atoms with Crippen LogP contribution in [-0.4, -0.2) is 29.6 Å². The lowest BCUT2D eigenvalue weighted by Gasteiger charge is -2.16. The van der Waals surface area contributed by atoms with Gasteiger partial charge in [0.05, 0.1) is 0 Å². The van der Waals surface area contributed by atoms with Crippen molar-refractivity contribution < 1.29 is 0 Å². The molecule has 0 aliphatic heterocycles. The molecule has 1 rings (SSSR count). The Labute approximate surface area is 103 Å². The van der Waals surface area contributed by atoms with E-state index in [9.17, 15) is 0 Å². The van der Waals surface area contributed by atoms with E-state index in [0.29, 0.717) is 6.04 Å². The molecule has 2 nitrogen and oxygen atoms in total. The van der Waals surface area contributed by atoms with Crippen molar-refractivity contribution in [2.24, 2.45) is 5.92 Å². The molecule has 0 aliphatic rings. The molecule has 1 aromatic rings. The average Bonchev–Trinajstić information content (AvgIpc) is 2.28. The first-order chi connectivity index (χ1) is 7.72. The lowest BCUT2D eigenvalue weighted by molar-refractivity contribution is 0.615. The maximum absolute atomic E-state index is 4.15. The fourth-order valence-corrected chi connectivity index (χ4v) is 2.67. The van der Waals surface area contributed by atoms with Crippen LogP contribution in [0.5, 0.6) is 0 Å². The second-order valence-corrected chi connectivity index (χ2v) is 5.56. The Morgan fingerprint density at radius 3 is 2.75 bits per heavy atom. The molecule has 16 heavy (non-hydrogen) atoms. The van der Waals surface area contributed by atoms with Gasteiger partial charge in [-0.05, 0) is 36.8 Å². The summed E-state index contributed by atoms with van der Waals surface area (Å²) in [7, 11) is 2.04. The van der Waals surface area contributed by atoms with E-state index in [4.69, 9.17) is 0 Å². The van der Waals surface area contributed by atoms with Crippen LogP contribution >= 0.6 is 11.8 Å². The lowest BCUT2D eigenvalue weighted by atomic mass is 10.1. The first kappa shape index (κ1) is 13.5. The number of pyridine rings is 1. The summed E-state index contributed by atoms with van der Waals surface area (Å²) in [6.45, 7) is 4.53. The Kier molecular flexibility index (Phi) is 6.50. The van der Waals surface area contributed by atoms with Gasteiger partial charge in [0.2, 0.25) is 0 Å². The van der Waals surface area contributed by atoms with Gasteiger partial charge < -0.3 is 5.32 Å². The third-order valence-electron chi connectivity index (χ3n) is 2.38. The molecule has 1 atom stereocenters. The zero-order chi connectivity index (χ0) is 11.8. The highest BCUT2D eigenvalue weighted by Gasteiger charge is 2.07. The zero-order valence-electron chi connectivity index (χ0n) is 10.4. The first-order valence-corrected chi connectivity index (χ1v) is 7.01. The van der Waals surface area contributed by atoms with Crippen LogP contribution in [0, 0.1) is 5.92 Å². The van der Waals surface area contributed by atoms with Crippen molar-refractivity contribution in [3.63, 3.8) is 0 Å². The van der Waals surface area contributed by atoms with Crippen molar-refractivity contribution in [2.75, 3.05) is 18.6 Å². The Bertz CT molecular complexity index is 275. The van der Waals surface area contributed by atoms with Crippen molar-refractivity contribution in [1.82, 2.24) is 10.3 Å². The van der Waals surface area contributed by atoms with E-state index in [1.807, 2.05) is 37.3 Å². The SMILES string of the molecule is CNC(CSCC(C)C)Cc1cccnc1. The van der Waals surface area contributed by atoms with Gasteiger partial charge in [-0.1, -0.05) is 19.9 Å². The van der Waals surface area contributed by atoms with Gasteiger partial charge in [0.25, 0.3) is 0 Å². The minimum absolute atomic E-state index is 0.549. The van der Waals surface area contributed by atoms with E-state index in [-0.39, 0.29) is 0 Å². The number of nitrogens with one attached hydrogen (secondary N) is 1. The molecule has 3 heteroatoms. The Hall–Kier alpha value is -0.540. The van der Waals surface area contributed by atoms with Crippen LogP contribution in [-0.2, 0) is 6.42 Å². The topological polar surface area (TPSA) is 24.9 Å². The van der Waals surface area contributed by atoms with Crippen molar-refractivity contribution in [3.8, 4) is 0 Å². The van der Waals surface area contributed by atoms with E-state index < -0.39 is 0 Å². The van der Waals surface area contributed by atoms with E-state index in [0.717, 1.165) is 12.3 Å². The van der Waals surface area contributed by atoms with Crippen molar-refractivity contribution in [3.05, 3.63) is 30.1 Å². The van der Waals surface area contributed by atoms with Gasteiger partial charge in [0.1, 0.15) is 0 Å². The summed E-state index contributed by atoms with van der Waals surface area (Å²) in [6.07, 6.45) is 4.85. The van der Waals surface area contributed by atoms with Gasteiger partial charge in [0.15, 0.2) is 0 Å². The maximum Gasteiger partial charge on any atom is 0.0300 e. The summed E-state index contributed by atoms with van der Waals surface area (Å²) < 4.78 is 0. The van der Waals surface area contributed by atoms with E-state index in [1.165, 1.54) is 17.1 Å². The van der Waals surface area contributed by atoms with Crippen LogP contribution in [0.2, 0.25) is 0 Å². The minimum Gasteiger partial charge on any atom is -0.316 e. The third kappa shape index (κ3) is 5.52. The summed E-state index contributed by atoms with van der Waals surface area (Å²) in [6, 6.07) is 4.70. The molecule has 90 valence electrons. The van der Waals surface area contributed by atoms with E-state index in [1.54, 1.807) is 0 Å². The molecule has 1 unspecified atom stereocenters. The Morgan fingerprint density at radius 1 is 1.38 bits per heavy atom. The number of aromatic nitrogens is 1. The second kappa shape index (κ2) is 7.69. The Balaban J connectivity index is 2.32. The fourth-order valence-electron chi connectivity index (χ4n) is 1.49. The van der Waals surface area contributed by atoms with Gasteiger partial charge in [0, 0.05) is 24.2 Å². The molecule has 0 aromatic carbocycles. The van der Waals surface area contributed by atoms with Crippen molar-refractivity contribution in [1.29, 1.82) is 0 Å². The van der Waals surface area contributed by atoms with Crippen LogP contribution in [0.25, 0.3) is 0 Å². The van der Waals surface area contributed by atoms with Gasteiger partial charge in [-0.25, -0.2) is 0 Å². The maximum atomic E-state index is 4.15. The first-order valence-electron chi connectivity index (χ1n) is 5.86. The molecule has 1 heterocycles. The molecule has 0 bridgehead atoms. The lowest BCUT2D eigenvalue weighted by Crippen LogP contribution is -2.30. The zero-order valence-corrected chi connectivity index (χ0v) is 11.3. The van der Waals surface area contributed by atoms with Gasteiger partial charge in [-0.3, -0.25) is 4.98 Å². The summed E-state index contributed by atoms with van der Waals surface area (Å²) in [5.41, 5.74) is 1.31. The van der Waals surface area contributed by atoms with Crippen LogP contribution in [0.15, 0.2) is 24.5 Å². The summed E-state index contributed by atoms with van der Waals surface area (Å²) >= 11 is 2.03. The highest BCUT2D eigenvalue weighted by molar-refractivity contribution is 7.99. The molecule has 1 aromatic heterocycles. The standard InChI is InChI=1S/C13H22N2S/c1-11(2)9-16-10-13(14-3)7-12-5-4-6-15-8-12/h4-6,8,11,13-14H,7,9-10H2,1-3H3.